The zero-order valence-electron chi connectivity index (χ0n) is 20.8. The molecule has 1 unspecified atom stereocenters. The molecule has 1 saturated heterocycles. The Kier molecular flexibility index (Phi) is 7.87. The van der Waals surface area contributed by atoms with Crippen LogP contribution in [0.3, 0.4) is 0 Å². The number of nitrogens with zero attached hydrogens (tertiary/aromatic N) is 2. The highest BCUT2D eigenvalue weighted by Crippen LogP contribution is 2.34. The van der Waals surface area contributed by atoms with Gasteiger partial charge in [0.2, 0.25) is 11.8 Å². The molecule has 3 amide bonds. The smallest absolute Gasteiger partial charge is 0.403 e. The monoisotopic (exact) mass is 517 g/mol. The molecule has 0 spiro atoms. The number of alkyl halides is 3. The van der Waals surface area contributed by atoms with Gasteiger partial charge in [-0.2, -0.15) is 13.2 Å². The lowest BCUT2D eigenvalue weighted by Gasteiger charge is -2.30. The molecule has 1 fully saturated rings. The van der Waals surface area contributed by atoms with Gasteiger partial charge in [0, 0.05) is 24.1 Å². The molecule has 2 aromatic carbocycles. The van der Waals surface area contributed by atoms with Crippen LogP contribution in [-0.4, -0.2) is 52.3 Å². The van der Waals surface area contributed by atoms with E-state index in [9.17, 15) is 27.6 Å². The molecule has 0 saturated carbocycles. The molecule has 0 aliphatic carbocycles. The molecular formula is C27H30F3N3O4. The van der Waals surface area contributed by atoms with E-state index >= 15 is 0 Å². The third-order valence-corrected chi connectivity index (χ3v) is 6.87. The topological polar surface area (TPSA) is 79.0 Å². The van der Waals surface area contributed by atoms with Crippen molar-refractivity contribution in [2.75, 3.05) is 6.54 Å². The third kappa shape index (κ3) is 5.95. The summed E-state index contributed by atoms with van der Waals surface area (Å²) in [7, 11) is 0. The van der Waals surface area contributed by atoms with Crippen molar-refractivity contribution in [2.45, 2.75) is 71.1 Å². The number of rotatable bonds is 9. The van der Waals surface area contributed by atoms with Crippen LogP contribution in [0.5, 0.6) is 5.75 Å². The van der Waals surface area contributed by atoms with E-state index in [2.05, 4.69) is 5.32 Å². The lowest BCUT2D eigenvalue weighted by molar-refractivity contribution is -0.180. The highest BCUT2D eigenvalue weighted by molar-refractivity contribution is 6.05. The second-order valence-electron chi connectivity index (χ2n) is 9.48. The number of amides is 3. The Morgan fingerprint density at radius 3 is 2.46 bits per heavy atom. The SMILES string of the molecule is CCCN(Cc1ccc(COc2cccc3c2CN(C2CCC(=O)NC2=O)C3=O)cc1)[C@@H](C)C(F)(F)F. The zero-order chi connectivity index (χ0) is 26.7. The van der Waals surface area contributed by atoms with Gasteiger partial charge in [0.25, 0.3) is 5.91 Å². The van der Waals surface area contributed by atoms with E-state index in [1.807, 2.05) is 19.1 Å². The van der Waals surface area contributed by atoms with E-state index in [1.54, 1.807) is 30.3 Å². The summed E-state index contributed by atoms with van der Waals surface area (Å²) in [5.41, 5.74) is 2.76. The Morgan fingerprint density at radius 1 is 1.11 bits per heavy atom. The van der Waals surface area contributed by atoms with Gasteiger partial charge in [-0.05, 0) is 49.6 Å². The first-order valence-electron chi connectivity index (χ1n) is 12.4. The minimum atomic E-state index is -4.28. The number of piperidine rings is 1. The number of hydrogen-bond donors (Lipinski definition) is 1. The maximum Gasteiger partial charge on any atom is 0.403 e. The van der Waals surface area contributed by atoms with Crippen LogP contribution in [0.15, 0.2) is 42.5 Å². The van der Waals surface area contributed by atoms with Gasteiger partial charge in [0.15, 0.2) is 0 Å². The van der Waals surface area contributed by atoms with Crippen molar-refractivity contribution in [1.82, 2.24) is 15.1 Å². The number of carbonyl (C=O) groups excluding carboxylic acids is 3. The Bertz CT molecular complexity index is 1170. The zero-order valence-corrected chi connectivity index (χ0v) is 20.8. The normalized spacial score (nSPS) is 18.7. The fourth-order valence-electron chi connectivity index (χ4n) is 4.73. The van der Waals surface area contributed by atoms with Gasteiger partial charge in [-0.25, -0.2) is 0 Å². The van der Waals surface area contributed by atoms with Gasteiger partial charge in [-0.3, -0.25) is 24.6 Å². The van der Waals surface area contributed by atoms with Gasteiger partial charge in [-0.15, -0.1) is 0 Å². The van der Waals surface area contributed by atoms with Crippen molar-refractivity contribution in [1.29, 1.82) is 0 Å². The summed E-state index contributed by atoms with van der Waals surface area (Å²) in [6, 6.07) is 10.2. The maximum absolute atomic E-state index is 13.2. The van der Waals surface area contributed by atoms with E-state index in [1.165, 1.54) is 16.7 Å². The Balaban J connectivity index is 1.40. The van der Waals surface area contributed by atoms with Crippen molar-refractivity contribution in [2.24, 2.45) is 0 Å². The molecule has 2 aliphatic heterocycles. The molecule has 4 rings (SSSR count). The lowest BCUT2D eigenvalue weighted by Crippen LogP contribution is -2.52. The van der Waals surface area contributed by atoms with Crippen LogP contribution >= 0.6 is 0 Å². The second-order valence-corrected chi connectivity index (χ2v) is 9.48. The van der Waals surface area contributed by atoms with E-state index in [0.717, 1.165) is 11.1 Å². The minimum absolute atomic E-state index is 0.182. The molecular weight excluding hydrogens is 487 g/mol. The number of nitrogens with one attached hydrogen (secondary N) is 1. The Labute approximate surface area is 213 Å². The summed E-state index contributed by atoms with van der Waals surface area (Å²) in [6.45, 7) is 4.00. The summed E-state index contributed by atoms with van der Waals surface area (Å²) in [5, 5.41) is 2.29. The van der Waals surface area contributed by atoms with Crippen LogP contribution in [0.25, 0.3) is 0 Å². The summed E-state index contributed by atoms with van der Waals surface area (Å²) >= 11 is 0. The van der Waals surface area contributed by atoms with E-state index in [-0.39, 0.29) is 44.4 Å². The van der Waals surface area contributed by atoms with Crippen LogP contribution in [-0.2, 0) is 29.3 Å². The summed E-state index contributed by atoms with van der Waals surface area (Å²) in [6.07, 6.45) is -3.20. The van der Waals surface area contributed by atoms with Crippen LogP contribution in [0.2, 0.25) is 0 Å². The highest BCUT2D eigenvalue weighted by Gasteiger charge is 2.41. The highest BCUT2D eigenvalue weighted by atomic mass is 19.4. The maximum atomic E-state index is 13.2. The Hall–Kier alpha value is -3.40. The Morgan fingerprint density at radius 2 is 1.81 bits per heavy atom. The molecule has 1 N–H and O–H groups in total. The van der Waals surface area contributed by atoms with Crippen molar-refractivity contribution >= 4 is 17.7 Å². The molecule has 2 aliphatic rings. The number of ether oxygens (including phenoxy) is 1. The number of fused-ring (bicyclic) bond motifs is 1. The van der Waals surface area contributed by atoms with Crippen molar-refractivity contribution < 1.29 is 32.3 Å². The molecule has 10 heteroatoms. The van der Waals surface area contributed by atoms with Crippen LogP contribution < -0.4 is 10.1 Å². The summed E-state index contributed by atoms with van der Waals surface area (Å²) in [4.78, 5) is 39.6. The van der Waals surface area contributed by atoms with Crippen molar-refractivity contribution in [3.8, 4) is 5.75 Å². The molecule has 0 bridgehead atoms. The quantitative estimate of drug-likeness (QED) is 0.505. The van der Waals surface area contributed by atoms with Gasteiger partial charge in [0.1, 0.15) is 24.4 Å². The average Bonchev–Trinajstić information content (AvgIpc) is 3.19. The first kappa shape index (κ1) is 26.7. The largest absolute Gasteiger partial charge is 0.489 e. The molecule has 0 radical (unpaired) electrons. The molecule has 7 nitrogen and oxygen atoms in total. The van der Waals surface area contributed by atoms with E-state index in [4.69, 9.17) is 4.74 Å². The number of carbonyl (C=O) groups is 3. The third-order valence-electron chi connectivity index (χ3n) is 6.87. The first-order chi connectivity index (χ1) is 17.6. The predicted octanol–water partition coefficient (Wildman–Crippen LogP) is 4.19. The van der Waals surface area contributed by atoms with Crippen molar-refractivity contribution in [3.63, 3.8) is 0 Å². The number of halogens is 3. The summed E-state index contributed by atoms with van der Waals surface area (Å²) < 4.78 is 45.7. The van der Waals surface area contributed by atoms with Gasteiger partial charge in [-0.1, -0.05) is 37.3 Å². The molecule has 37 heavy (non-hydrogen) atoms. The van der Waals surface area contributed by atoms with Gasteiger partial charge in [0.05, 0.1) is 6.54 Å². The van der Waals surface area contributed by atoms with Crippen molar-refractivity contribution in [3.05, 3.63) is 64.7 Å². The van der Waals surface area contributed by atoms with E-state index in [0.29, 0.717) is 29.8 Å². The fraction of sp³-hybridized carbons (Fsp3) is 0.444. The molecule has 2 heterocycles. The van der Waals surface area contributed by atoms with Crippen LogP contribution in [0.1, 0.15) is 60.2 Å². The molecule has 0 aromatic heterocycles. The summed E-state index contributed by atoms with van der Waals surface area (Å²) in [5.74, 6) is -0.558. The lowest BCUT2D eigenvalue weighted by atomic mass is 10.0. The minimum Gasteiger partial charge on any atom is -0.489 e. The van der Waals surface area contributed by atoms with E-state index < -0.39 is 24.2 Å². The van der Waals surface area contributed by atoms with Crippen LogP contribution in [0, 0.1) is 0 Å². The number of benzene rings is 2. The second kappa shape index (κ2) is 10.9. The van der Waals surface area contributed by atoms with Gasteiger partial charge < -0.3 is 9.64 Å². The first-order valence-corrected chi connectivity index (χ1v) is 12.4. The predicted molar refractivity (Wildman–Crippen MR) is 129 cm³/mol. The standard InChI is InChI=1S/C27H30F3N3O4/c1-3-13-32(17(2)27(28,29)30)14-18-7-9-19(10-8-18)16-37-23-6-4-5-20-21(23)15-33(26(20)36)22-11-12-24(34)31-25(22)35/h4-10,17,22H,3,11-16H2,1-2H3,(H,31,34,35)/t17-,22?/m0/s1. The fourth-order valence-corrected chi connectivity index (χ4v) is 4.73. The molecule has 2 aromatic rings. The molecule has 2 atom stereocenters. The number of hydrogen-bond acceptors (Lipinski definition) is 5. The van der Waals surface area contributed by atoms with Gasteiger partial charge >= 0.3 is 6.18 Å². The molecule has 198 valence electrons. The average molecular weight is 518 g/mol. The van der Waals surface area contributed by atoms with Crippen LogP contribution in [0.4, 0.5) is 13.2 Å². The number of imide groups is 1.